The molecule has 0 saturated heterocycles. The number of hydrogen-bond acceptors (Lipinski definition) is 3. The van der Waals surface area contributed by atoms with Crippen molar-refractivity contribution in [2.75, 3.05) is 0 Å². The van der Waals surface area contributed by atoms with Gasteiger partial charge in [0.1, 0.15) is 0 Å². The Morgan fingerprint density at radius 1 is 0.885 bits per heavy atom. The van der Waals surface area contributed by atoms with Crippen LogP contribution in [0, 0.1) is 3.57 Å². The molecule has 0 fully saturated rings. The third kappa shape index (κ3) is 2.48. The fourth-order valence-electron chi connectivity index (χ4n) is 3.44. The summed E-state index contributed by atoms with van der Waals surface area (Å²) in [6.07, 6.45) is 0. The van der Waals surface area contributed by atoms with Crippen molar-refractivity contribution >= 4 is 44.4 Å². The van der Waals surface area contributed by atoms with Gasteiger partial charge in [0, 0.05) is 37.5 Å². The van der Waals surface area contributed by atoms with Gasteiger partial charge in [-0.05, 0) is 63.7 Å². The molecule has 6 heteroatoms. The van der Waals surface area contributed by atoms with Gasteiger partial charge in [0.05, 0.1) is 0 Å². The Kier molecular flexibility index (Phi) is 3.70. The van der Waals surface area contributed by atoms with E-state index in [-0.39, 0.29) is 0 Å². The molecule has 0 atom stereocenters. The Morgan fingerprint density at radius 3 is 2.54 bits per heavy atom. The van der Waals surface area contributed by atoms with Crippen molar-refractivity contribution < 1.29 is 0 Å². The molecule has 0 saturated carbocycles. The monoisotopic (exact) mass is 451 g/mol. The van der Waals surface area contributed by atoms with E-state index in [1.165, 1.54) is 30.9 Å². The summed E-state index contributed by atoms with van der Waals surface area (Å²) in [7, 11) is 0. The summed E-state index contributed by atoms with van der Waals surface area (Å²) in [5.74, 6) is 0.612. The molecule has 5 rings (SSSR count). The van der Waals surface area contributed by atoms with Gasteiger partial charge in [-0.1, -0.05) is 36.4 Å². The first-order valence-corrected chi connectivity index (χ1v) is 9.37. The fourth-order valence-corrected chi connectivity index (χ4v) is 4.00. The van der Waals surface area contributed by atoms with Crippen molar-refractivity contribution in [2.24, 2.45) is 0 Å². The number of benzene rings is 3. The van der Waals surface area contributed by atoms with Crippen molar-refractivity contribution in [2.45, 2.75) is 6.54 Å². The first-order chi connectivity index (χ1) is 12.8. The lowest BCUT2D eigenvalue weighted by Crippen LogP contribution is -2.01. The van der Waals surface area contributed by atoms with E-state index in [0.717, 1.165) is 12.1 Å². The minimum Gasteiger partial charge on any atom is -0.336 e. The Morgan fingerprint density at radius 2 is 1.69 bits per heavy atom. The number of H-pyrrole nitrogens is 1. The lowest BCUT2D eigenvalue weighted by molar-refractivity contribution is 0.864. The summed E-state index contributed by atoms with van der Waals surface area (Å²) in [6, 6.07) is 23.4. The summed E-state index contributed by atoms with van der Waals surface area (Å²) in [5, 5.41) is 16.8. The number of nitrogens with one attached hydrogen (secondary N) is 1. The maximum Gasteiger partial charge on any atom is 0.204 e. The molecule has 5 nitrogen and oxygen atoms in total. The number of halogens is 1. The summed E-state index contributed by atoms with van der Waals surface area (Å²) >= 11 is 2.40. The smallest absolute Gasteiger partial charge is 0.204 e. The van der Waals surface area contributed by atoms with Gasteiger partial charge >= 0.3 is 0 Å². The predicted molar refractivity (Wildman–Crippen MR) is 111 cm³/mol. The van der Waals surface area contributed by atoms with Crippen molar-refractivity contribution in [1.82, 2.24) is 25.2 Å². The van der Waals surface area contributed by atoms with Crippen LogP contribution in [0.5, 0.6) is 0 Å². The van der Waals surface area contributed by atoms with Crippen molar-refractivity contribution in [1.29, 1.82) is 0 Å². The van der Waals surface area contributed by atoms with Gasteiger partial charge in [-0.15, -0.1) is 10.2 Å². The minimum atomic E-state index is 0.612. The molecule has 0 aliphatic carbocycles. The van der Waals surface area contributed by atoms with Gasteiger partial charge in [-0.25, -0.2) is 0 Å². The van der Waals surface area contributed by atoms with Crippen molar-refractivity contribution in [3.05, 3.63) is 75.9 Å². The zero-order chi connectivity index (χ0) is 17.5. The normalized spacial score (nSPS) is 11.4. The van der Waals surface area contributed by atoms with E-state index in [2.05, 4.69) is 115 Å². The van der Waals surface area contributed by atoms with Crippen LogP contribution in [-0.4, -0.2) is 25.2 Å². The second kappa shape index (κ2) is 6.21. The van der Waals surface area contributed by atoms with Crippen LogP contribution in [0.1, 0.15) is 5.56 Å². The van der Waals surface area contributed by atoms with Crippen LogP contribution in [-0.2, 0) is 6.54 Å². The molecule has 3 aromatic carbocycles. The predicted octanol–water partition coefficient (Wildman–Crippen LogP) is 4.63. The molecule has 0 radical (unpaired) electrons. The van der Waals surface area contributed by atoms with E-state index in [9.17, 15) is 0 Å². The van der Waals surface area contributed by atoms with Crippen LogP contribution in [0.4, 0.5) is 0 Å². The largest absolute Gasteiger partial charge is 0.336 e. The topological polar surface area (TPSA) is 59.4 Å². The van der Waals surface area contributed by atoms with Gasteiger partial charge in [0.25, 0.3) is 0 Å². The number of rotatable bonds is 3. The highest BCUT2D eigenvalue weighted by molar-refractivity contribution is 14.1. The molecule has 2 heterocycles. The highest BCUT2D eigenvalue weighted by Gasteiger charge is 2.13. The number of para-hydroxylation sites is 1. The van der Waals surface area contributed by atoms with Gasteiger partial charge in [-0.3, -0.25) is 0 Å². The summed E-state index contributed by atoms with van der Waals surface area (Å²) in [6.45, 7) is 0.838. The van der Waals surface area contributed by atoms with E-state index < -0.39 is 0 Å². The average Bonchev–Trinajstić information content (AvgIpc) is 3.31. The number of tetrazole rings is 1. The van der Waals surface area contributed by atoms with Gasteiger partial charge in [0.15, 0.2) is 0 Å². The second-order valence-electron chi connectivity index (χ2n) is 6.16. The molecule has 0 aliphatic rings. The minimum absolute atomic E-state index is 0.612. The van der Waals surface area contributed by atoms with E-state index in [1.807, 2.05) is 0 Å². The van der Waals surface area contributed by atoms with Crippen molar-refractivity contribution in [3.63, 3.8) is 0 Å². The van der Waals surface area contributed by atoms with Gasteiger partial charge in [0.2, 0.25) is 5.82 Å². The molecular formula is C20H14IN5. The highest BCUT2D eigenvalue weighted by Crippen LogP contribution is 2.32. The molecule has 0 bridgehead atoms. The summed E-state index contributed by atoms with van der Waals surface area (Å²) < 4.78 is 3.65. The maximum atomic E-state index is 4.10. The Hall–Kier alpha value is -2.74. The molecule has 0 spiro atoms. The molecular weight excluding hydrogens is 437 g/mol. The quantitative estimate of drug-likeness (QED) is 0.407. The van der Waals surface area contributed by atoms with Crippen LogP contribution in [0.3, 0.4) is 0 Å². The summed E-state index contributed by atoms with van der Waals surface area (Å²) in [5.41, 5.74) is 4.71. The highest BCUT2D eigenvalue weighted by atomic mass is 127. The SMILES string of the molecule is Ic1ccccc1Cn1c2ccccc2c2cc(-c3nn[nH]n3)ccc21. The van der Waals surface area contributed by atoms with Crippen LogP contribution < -0.4 is 0 Å². The second-order valence-corrected chi connectivity index (χ2v) is 7.32. The summed E-state index contributed by atoms with van der Waals surface area (Å²) in [4.78, 5) is 0. The molecule has 0 aliphatic heterocycles. The van der Waals surface area contributed by atoms with E-state index >= 15 is 0 Å². The zero-order valence-electron chi connectivity index (χ0n) is 13.7. The molecule has 1 N–H and O–H groups in total. The molecule has 126 valence electrons. The molecule has 2 aromatic heterocycles. The van der Waals surface area contributed by atoms with Crippen molar-refractivity contribution in [3.8, 4) is 11.4 Å². The maximum absolute atomic E-state index is 4.10. The van der Waals surface area contributed by atoms with E-state index in [1.54, 1.807) is 0 Å². The standard InChI is InChI=1S/C20H14IN5/c21-17-7-3-1-5-14(17)12-26-18-8-4-2-6-15(18)16-11-13(9-10-19(16)26)20-22-24-25-23-20/h1-11H,12H2,(H,22,23,24,25). The van der Waals surface area contributed by atoms with E-state index in [0.29, 0.717) is 5.82 Å². The van der Waals surface area contributed by atoms with Gasteiger partial charge < -0.3 is 4.57 Å². The van der Waals surface area contributed by atoms with Crippen LogP contribution in [0.25, 0.3) is 33.2 Å². The van der Waals surface area contributed by atoms with Crippen LogP contribution in [0.2, 0.25) is 0 Å². The number of fused-ring (bicyclic) bond motifs is 3. The number of hydrogen-bond donors (Lipinski definition) is 1. The van der Waals surface area contributed by atoms with Gasteiger partial charge in [-0.2, -0.15) is 5.21 Å². The van der Waals surface area contributed by atoms with Crippen LogP contribution >= 0.6 is 22.6 Å². The number of aromatic nitrogens is 5. The molecule has 5 aromatic rings. The lowest BCUT2D eigenvalue weighted by Gasteiger charge is -2.09. The first-order valence-electron chi connectivity index (χ1n) is 8.29. The first kappa shape index (κ1) is 15.5. The third-order valence-corrected chi connectivity index (χ3v) is 5.71. The lowest BCUT2D eigenvalue weighted by atomic mass is 10.1. The molecule has 26 heavy (non-hydrogen) atoms. The molecule has 0 unspecified atom stereocenters. The zero-order valence-corrected chi connectivity index (χ0v) is 15.9. The Balaban J connectivity index is 1.75. The fraction of sp³-hybridized carbons (Fsp3) is 0.0500. The number of aromatic amines is 1. The Bertz CT molecular complexity index is 1220. The third-order valence-electron chi connectivity index (χ3n) is 4.66. The Labute approximate surface area is 163 Å². The van der Waals surface area contributed by atoms with Crippen LogP contribution in [0.15, 0.2) is 66.7 Å². The number of nitrogens with zero attached hydrogens (tertiary/aromatic N) is 4. The molecule has 0 amide bonds. The average molecular weight is 451 g/mol. The van der Waals surface area contributed by atoms with E-state index in [4.69, 9.17) is 0 Å².